The van der Waals surface area contributed by atoms with Crippen LogP contribution in [0.4, 0.5) is 0 Å². The molecule has 0 saturated carbocycles. The van der Waals surface area contributed by atoms with Gasteiger partial charge in [-0.3, -0.25) is 9.59 Å². The highest BCUT2D eigenvalue weighted by Crippen LogP contribution is 2.34. The number of hydrogen-bond acceptors (Lipinski definition) is 4. The van der Waals surface area contributed by atoms with E-state index in [1.54, 1.807) is 12.3 Å². The number of rotatable bonds is 5. The van der Waals surface area contributed by atoms with Crippen LogP contribution in [0.5, 0.6) is 0 Å². The van der Waals surface area contributed by atoms with Gasteiger partial charge >= 0.3 is 0 Å². The molecule has 0 bridgehead atoms. The largest absolute Gasteiger partial charge is 0.467 e. The lowest BCUT2D eigenvalue weighted by Crippen LogP contribution is -2.38. The predicted octanol–water partition coefficient (Wildman–Crippen LogP) is 1.75. The zero-order chi connectivity index (χ0) is 17.9. The van der Waals surface area contributed by atoms with Crippen LogP contribution in [0.1, 0.15) is 17.7 Å². The Morgan fingerprint density at radius 3 is 2.77 bits per heavy atom. The number of nitrogens with one attached hydrogen (secondary N) is 1. The van der Waals surface area contributed by atoms with E-state index in [1.807, 2.05) is 41.3 Å². The van der Waals surface area contributed by atoms with Gasteiger partial charge in [-0.25, -0.2) is 0 Å². The molecule has 2 saturated heterocycles. The van der Waals surface area contributed by atoms with E-state index >= 15 is 0 Å². The molecule has 4 rings (SSSR count). The lowest BCUT2D eigenvalue weighted by atomic mass is 10.0. The molecule has 0 unspecified atom stereocenters. The summed E-state index contributed by atoms with van der Waals surface area (Å²) in [5, 5.41) is 2.90. The van der Waals surface area contributed by atoms with E-state index in [4.69, 9.17) is 9.15 Å². The molecule has 2 aliphatic heterocycles. The van der Waals surface area contributed by atoms with Crippen molar-refractivity contribution >= 4 is 11.8 Å². The molecular formula is C20H22N2O4. The molecule has 6 heteroatoms. The normalized spacial score (nSPS) is 24.5. The van der Waals surface area contributed by atoms with Gasteiger partial charge < -0.3 is 19.4 Å². The molecule has 2 aromatic rings. The smallest absolute Gasteiger partial charge is 0.227 e. The Hall–Kier alpha value is -2.60. The van der Waals surface area contributed by atoms with Crippen molar-refractivity contribution in [2.75, 3.05) is 13.2 Å². The van der Waals surface area contributed by atoms with Gasteiger partial charge in [0.25, 0.3) is 0 Å². The Morgan fingerprint density at radius 2 is 2.00 bits per heavy atom. The molecule has 0 aliphatic carbocycles. The Bertz CT molecular complexity index is 759. The Labute approximate surface area is 152 Å². The van der Waals surface area contributed by atoms with E-state index in [9.17, 15) is 9.59 Å². The quantitative estimate of drug-likeness (QED) is 0.888. The van der Waals surface area contributed by atoms with E-state index in [2.05, 4.69) is 5.32 Å². The number of ether oxygens (including phenoxy) is 1. The summed E-state index contributed by atoms with van der Waals surface area (Å²) in [6, 6.07) is 13.3. The monoisotopic (exact) mass is 354 g/mol. The van der Waals surface area contributed by atoms with Crippen LogP contribution in [0.25, 0.3) is 0 Å². The van der Waals surface area contributed by atoms with Crippen LogP contribution in [0.3, 0.4) is 0 Å². The van der Waals surface area contributed by atoms with Crippen molar-refractivity contribution in [3.8, 4) is 0 Å². The molecule has 2 aliphatic rings. The molecule has 6 nitrogen and oxygen atoms in total. The van der Waals surface area contributed by atoms with Crippen LogP contribution in [0.2, 0.25) is 0 Å². The fraction of sp³-hybridized carbons (Fsp3) is 0.400. The number of carbonyl (C=O) groups excluding carboxylic acids is 2. The second kappa shape index (κ2) is 7.33. The van der Waals surface area contributed by atoms with Gasteiger partial charge in [0.2, 0.25) is 11.8 Å². The minimum Gasteiger partial charge on any atom is -0.467 e. The number of fused-ring (bicyclic) bond motifs is 1. The van der Waals surface area contributed by atoms with Crippen molar-refractivity contribution in [3.05, 3.63) is 60.1 Å². The fourth-order valence-corrected chi connectivity index (χ4v) is 3.88. The van der Waals surface area contributed by atoms with Gasteiger partial charge in [-0.05, 0) is 24.1 Å². The van der Waals surface area contributed by atoms with Gasteiger partial charge in [-0.2, -0.15) is 0 Å². The minimum absolute atomic E-state index is 0.00873. The maximum Gasteiger partial charge on any atom is 0.227 e. The van der Waals surface area contributed by atoms with E-state index in [0.29, 0.717) is 31.9 Å². The minimum atomic E-state index is -0.336. The third-order valence-electron chi connectivity index (χ3n) is 5.17. The average molecular weight is 354 g/mol. The molecule has 1 N–H and O–H groups in total. The maximum absolute atomic E-state index is 12.8. The first-order valence-electron chi connectivity index (χ1n) is 8.97. The summed E-state index contributed by atoms with van der Waals surface area (Å²) in [6.45, 7) is 1.34. The number of likely N-dealkylation sites (tertiary alicyclic amines) is 1. The van der Waals surface area contributed by atoms with E-state index in [0.717, 1.165) is 12.0 Å². The van der Waals surface area contributed by atoms with Crippen molar-refractivity contribution in [2.24, 2.45) is 5.92 Å². The molecule has 2 fully saturated rings. The Kier molecular flexibility index (Phi) is 4.75. The topological polar surface area (TPSA) is 71.8 Å². The van der Waals surface area contributed by atoms with Gasteiger partial charge in [0.1, 0.15) is 5.76 Å². The summed E-state index contributed by atoms with van der Waals surface area (Å²) in [4.78, 5) is 27.3. The van der Waals surface area contributed by atoms with Crippen molar-refractivity contribution in [1.82, 2.24) is 10.2 Å². The molecule has 1 aromatic carbocycles. The molecule has 1 aromatic heterocycles. The van der Waals surface area contributed by atoms with Crippen molar-refractivity contribution in [3.63, 3.8) is 0 Å². The van der Waals surface area contributed by atoms with Crippen molar-refractivity contribution in [1.29, 1.82) is 0 Å². The molecule has 3 atom stereocenters. The van der Waals surface area contributed by atoms with Gasteiger partial charge in [0.05, 0.1) is 37.3 Å². The molecule has 3 heterocycles. The summed E-state index contributed by atoms with van der Waals surface area (Å²) in [5.41, 5.74) is 0.985. The second-order valence-corrected chi connectivity index (χ2v) is 6.80. The molecular weight excluding hydrogens is 332 g/mol. The van der Waals surface area contributed by atoms with E-state index < -0.39 is 0 Å². The summed E-state index contributed by atoms with van der Waals surface area (Å²) in [7, 11) is 0. The number of carbonyl (C=O) groups is 2. The van der Waals surface area contributed by atoms with Gasteiger partial charge in [-0.1, -0.05) is 30.3 Å². The lowest BCUT2D eigenvalue weighted by molar-refractivity contribution is -0.131. The third-order valence-corrected chi connectivity index (χ3v) is 5.17. The van der Waals surface area contributed by atoms with Gasteiger partial charge in [0, 0.05) is 13.2 Å². The number of amides is 2. The zero-order valence-electron chi connectivity index (χ0n) is 14.5. The summed E-state index contributed by atoms with van der Waals surface area (Å²) in [5.74, 6) is 0.334. The van der Waals surface area contributed by atoms with Crippen LogP contribution in [0.15, 0.2) is 53.1 Å². The zero-order valence-corrected chi connectivity index (χ0v) is 14.5. The van der Waals surface area contributed by atoms with Crippen molar-refractivity contribution < 1.29 is 18.7 Å². The highest BCUT2D eigenvalue weighted by molar-refractivity contribution is 5.84. The average Bonchev–Trinajstić information content (AvgIpc) is 3.38. The van der Waals surface area contributed by atoms with Crippen LogP contribution in [0, 0.1) is 5.92 Å². The standard InChI is InChI=1S/C20H22N2O4/c23-18(11-14-5-2-1-3-6-14)22-13-16(19-17(22)8-10-26-19)20(24)21-12-15-7-4-9-25-15/h1-7,9,16-17,19H,8,10-13H2,(H,21,24)/t16-,17+,19+/m1/s1. The first kappa shape index (κ1) is 16.8. The number of benzene rings is 1. The first-order chi connectivity index (χ1) is 12.7. The van der Waals surface area contributed by atoms with Crippen LogP contribution >= 0.6 is 0 Å². The highest BCUT2D eigenvalue weighted by Gasteiger charge is 2.50. The van der Waals surface area contributed by atoms with Crippen LogP contribution < -0.4 is 5.32 Å². The maximum atomic E-state index is 12.8. The van der Waals surface area contributed by atoms with Gasteiger partial charge in [0.15, 0.2) is 0 Å². The first-order valence-corrected chi connectivity index (χ1v) is 8.97. The predicted molar refractivity (Wildman–Crippen MR) is 94.0 cm³/mol. The van der Waals surface area contributed by atoms with E-state index in [-0.39, 0.29) is 29.9 Å². The number of nitrogens with zero attached hydrogens (tertiary/aromatic N) is 1. The molecule has 136 valence electrons. The molecule has 0 radical (unpaired) electrons. The molecule has 2 amide bonds. The van der Waals surface area contributed by atoms with Gasteiger partial charge in [-0.15, -0.1) is 0 Å². The second-order valence-electron chi connectivity index (χ2n) is 6.80. The molecule has 0 spiro atoms. The Morgan fingerprint density at radius 1 is 1.15 bits per heavy atom. The highest BCUT2D eigenvalue weighted by atomic mass is 16.5. The lowest BCUT2D eigenvalue weighted by Gasteiger charge is -2.22. The van der Waals surface area contributed by atoms with Crippen molar-refractivity contribution in [2.45, 2.75) is 31.5 Å². The Balaban J connectivity index is 1.41. The summed E-state index contributed by atoms with van der Waals surface area (Å²) < 4.78 is 11.0. The fourth-order valence-electron chi connectivity index (χ4n) is 3.88. The molecule has 26 heavy (non-hydrogen) atoms. The SMILES string of the molecule is O=C(NCc1ccco1)[C@@H]1CN(C(=O)Cc2ccccc2)[C@H]2CCO[C@@H]12. The van der Waals surface area contributed by atoms with E-state index in [1.165, 1.54) is 0 Å². The summed E-state index contributed by atoms with van der Waals surface area (Å²) >= 11 is 0. The number of hydrogen-bond donors (Lipinski definition) is 1. The third kappa shape index (κ3) is 3.37. The summed E-state index contributed by atoms with van der Waals surface area (Å²) in [6.07, 6.45) is 2.50. The number of furan rings is 1. The van der Waals surface area contributed by atoms with Crippen LogP contribution in [-0.4, -0.2) is 42.0 Å². The van der Waals surface area contributed by atoms with Crippen LogP contribution in [-0.2, 0) is 27.3 Å².